The Balaban J connectivity index is 3.72. The van der Waals surface area contributed by atoms with Gasteiger partial charge >= 0.3 is 0 Å². The lowest BCUT2D eigenvalue weighted by Crippen LogP contribution is -2.19. The minimum Gasteiger partial charge on any atom is -0.388 e. The molecule has 0 aromatic heterocycles. The van der Waals surface area contributed by atoms with Crippen molar-refractivity contribution in [2.45, 2.75) is 33.6 Å². The highest BCUT2D eigenvalue weighted by Gasteiger charge is 1.97. The Bertz CT molecular complexity index is 147. The van der Waals surface area contributed by atoms with E-state index in [1.54, 1.807) is 0 Å². The lowest BCUT2D eigenvalue weighted by molar-refractivity contribution is 0.525. The molecule has 1 N–H and O–H groups in total. The Hall–Kier alpha value is -0.720. The average Bonchev–Trinajstić information content (AvgIpc) is 2.11. The van der Waals surface area contributed by atoms with Crippen molar-refractivity contribution < 1.29 is 0 Å². The summed E-state index contributed by atoms with van der Waals surface area (Å²) < 4.78 is 0. The molecule has 12 heavy (non-hydrogen) atoms. The summed E-state index contributed by atoms with van der Waals surface area (Å²) in [4.78, 5) is 0. The van der Waals surface area contributed by atoms with E-state index in [0.717, 1.165) is 18.9 Å². The molecular weight excluding hydrogens is 146 g/mol. The normalized spacial score (nSPS) is 14.1. The Labute approximate surface area is 76.6 Å². The van der Waals surface area contributed by atoms with Crippen molar-refractivity contribution in [3.63, 3.8) is 0 Å². The van der Waals surface area contributed by atoms with Crippen molar-refractivity contribution in [2.24, 2.45) is 5.92 Å². The minimum absolute atomic E-state index is 0.754. The second kappa shape index (κ2) is 6.96. The zero-order valence-corrected chi connectivity index (χ0v) is 8.56. The summed E-state index contributed by atoms with van der Waals surface area (Å²) in [5.41, 5.74) is 1.28. The van der Waals surface area contributed by atoms with Crippen molar-refractivity contribution >= 4 is 0 Å². The van der Waals surface area contributed by atoms with E-state index >= 15 is 0 Å². The molecule has 0 heterocycles. The van der Waals surface area contributed by atoms with E-state index in [1.165, 1.54) is 12.1 Å². The Morgan fingerprint density at radius 1 is 1.50 bits per heavy atom. The highest BCUT2D eigenvalue weighted by atomic mass is 14.9. The molecule has 0 unspecified atom stereocenters. The van der Waals surface area contributed by atoms with E-state index in [4.69, 9.17) is 0 Å². The first kappa shape index (κ1) is 11.3. The molecule has 0 bridgehead atoms. The fourth-order valence-electron chi connectivity index (χ4n) is 0.894. The molecule has 0 aliphatic heterocycles. The number of hydrogen-bond acceptors (Lipinski definition) is 1. The average molecular weight is 167 g/mol. The highest BCUT2D eigenvalue weighted by Crippen LogP contribution is 2.01. The van der Waals surface area contributed by atoms with Crippen LogP contribution in [0.25, 0.3) is 0 Å². The first-order valence-electron chi connectivity index (χ1n) is 4.80. The van der Waals surface area contributed by atoms with Crippen LogP contribution in [0.1, 0.15) is 33.6 Å². The van der Waals surface area contributed by atoms with Gasteiger partial charge in [0.25, 0.3) is 0 Å². The molecule has 0 saturated carbocycles. The minimum atomic E-state index is 0.754. The van der Waals surface area contributed by atoms with Crippen molar-refractivity contribution in [2.75, 3.05) is 6.54 Å². The monoisotopic (exact) mass is 167 g/mol. The first-order chi connectivity index (χ1) is 5.74. The summed E-state index contributed by atoms with van der Waals surface area (Å²) in [6.45, 7) is 11.4. The second-order valence-corrected chi connectivity index (χ2v) is 3.18. The van der Waals surface area contributed by atoms with E-state index in [9.17, 15) is 0 Å². The fraction of sp³-hybridized carbons (Fsp3) is 0.636. The molecule has 0 rings (SSSR count). The lowest BCUT2D eigenvalue weighted by Gasteiger charge is -2.12. The third-order valence-corrected chi connectivity index (χ3v) is 2.07. The predicted molar refractivity (Wildman–Crippen MR) is 56.0 cm³/mol. The van der Waals surface area contributed by atoms with Crippen LogP contribution in [0.2, 0.25) is 0 Å². The molecule has 0 spiro atoms. The molecule has 1 nitrogen and oxygen atoms in total. The third-order valence-electron chi connectivity index (χ3n) is 2.07. The zero-order valence-electron chi connectivity index (χ0n) is 8.56. The molecule has 0 fully saturated rings. The van der Waals surface area contributed by atoms with Crippen LogP contribution in [-0.2, 0) is 0 Å². The maximum absolute atomic E-state index is 3.68. The van der Waals surface area contributed by atoms with Crippen molar-refractivity contribution in [1.82, 2.24) is 5.32 Å². The van der Waals surface area contributed by atoms with Crippen LogP contribution < -0.4 is 5.32 Å². The summed E-state index contributed by atoms with van der Waals surface area (Å²) in [7, 11) is 0. The van der Waals surface area contributed by atoms with Crippen LogP contribution >= 0.6 is 0 Å². The Morgan fingerprint density at radius 2 is 2.17 bits per heavy atom. The standard InChI is InChI=1S/C11H21N/c1-5-8-11(7-3)12-9-10(4)6-2/h5,8,10,12H,1,6-7,9H2,2-4H3/b11-8+/t10-/m0/s1. The Morgan fingerprint density at radius 3 is 2.58 bits per heavy atom. The quantitative estimate of drug-likeness (QED) is 0.599. The van der Waals surface area contributed by atoms with Gasteiger partial charge < -0.3 is 5.32 Å². The van der Waals surface area contributed by atoms with Crippen LogP contribution in [0.5, 0.6) is 0 Å². The highest BCUT2D eigenvalue weighted by molar-refractivity contribution is 5.07. The molecule has 0 aliphatic rings. The third kappa shape index (κ3) is 5.00. The largest absolute Gasteiger partial charge is 0.388 e. The van der Waals surface area contributed by atoms with Crippen molar-refractivity contribution in [3.8, 4) is 0 Å². The molecule has 1 atom stereocenters. The first-order valence-corrected chi connectivity index (χ1v) is 4.80. The topological polar surface area (TPSA) is 12.0 Å². The molecule has 1 heteroatoms. The van der Waals surface area contributed by atoms with Gasteiger partial charge in [0.2, 0.25) is 0 Å². The van der Waals surface area contributed by atoms with Gasteiger partial charge in [0.1, 0.15) is 0 Å². The molecule has 0 aliphatic carbocycles. The molecule has 0 aromatic carbocycles. The zero-order chi connectivity index (χ0) is 9.40. The van der Waals surface area contributed by atoms with Gasteiger partial charge in [-0.2, -0.15) is 0 Å². The van der Waals surface area contributed by atoms with Crippen molar-refractivity contribution in [1.29, 1.82) is 0 Å². The van der Waals surface area contributed by atoms with Gasteiger partial charge in [-0.3, -0.25) is 0 Å². The van der Waals surface area contributed by atoms with Gasteiger partial charge in [-0.25, -0.2) is 0 Å². The van der Waals surface area contributed by atoms with Crippen LogP contribution in [0.4, 0.5) is 0 Å². The number of rotatable bonds is 6. The number of allylic oxidation sites excluding steroid dienone is 3. The van der Waals surface area contributed by atoms with Crippen LogP contribution in [0, 0.1) is 5.92 Å². The lowest BCUT2D eigenvalue weighted by atomic mass is 10.1. The van der Waals surface area contributed by atoms with Crippen LogP contribution in [0.3, 0.4) is 0 Å². The molecule has 0 aromatic rings. The van der Waals surface area contributed by atoms with E-state index in [1.807, 2.05) is 12.2 Å². The fourth-order valence-corrected chi connectivity index (χ4v) is 0.894. The van der Waals surface area contributed by atoms with Gasteiger partial charge in [0.15, 0.2) is 0 Å². The summed E-state index contributed by atoms with van der Waals surface area (Å²) in [5, 5.41) is 3.41. The van der Waals surface area contributed by atoms with Crippen LogP contribution in [0.15, 0.2) is 24.4 Å². The van der Waals surface area contributed by atoms with Gasteiger partial charge in [-0.1, -0.05) is 39.8 Å². The van der Waals surface area contributed by atoms with E-state index in [2.05, 4.69) is 32.7 Å². The smallest absolute Gasteiger partial charge is 0.0169 e. The van der Waals surface area contributed by atoms with Gasteiger partial charge in [-0.15, -0.1) is 0 Å². The summed E-state index contributed by atoms with van der Waals surface area (Å²) in [6.07, 6.45) is 6.17. The number of hydrogen-bond donors (Lipinski definition) is 1. The maximum Gasteiger partial charge on any atom is 0.0169 e. The van der Waals surface area contributed by atoms with E-state index in [-0.39, 0.29) is 0 Å². The SMILES string of the molecule is C=C/C=C(\CC)NC[C@@H](C)CC. The predicted octanol–water partition coefficient (Wildman–Crippen LogP) is 3.10. The summed E-state index contributed by atoms with van der Waals surface area (Å²) >= 11 is 0. The van der Waals surface area contributed by atoms with Gasteiger partial charge in [0.05, 0.1) is 0 Å². The van der Waals surface area contributed by atoms with Crippen molar-refractivity contribution in [3.05, 3.63) is 24.4 Å². The molecule has 0 saturated heterocycles. The second-order valence-electron chi connectivity index (χ2n) is 3.18. The molecule has 0 amide bonds. The number of nitrogens with one attached hydrogen (secondary N) is 1. The molecule has 0 radical (unpaired) electrons. The van der Waals surface area contributed by atoms with Crippen LogP contribution in [-0.4, -0.2) is 6.54 Å². The van der Waals surface area contributed by atoms with Gasteiger partial charge in [0, 0.05) is 12.2 Å². The maximum atomic E-state index is 3.68. The van der Waals surface area contributed by atoms with E-state index in [0.29, 0.717) is 0 Å². The van der Waals surface area contributed by atoms with E-state index < -0.39 is 0 Å². The summed E-state index contributed by atoms with van der Waals surface area (Å²) in [6, 6.07) is 0. The molecule has 70 valence electrons. The summed E-state index contributed by atoms with van der Waals surface area (Å²) in [5.74, 6) is 0.754. The Kier molecular flexibility index (Phi) is 6.54. The van der Waals surface area contributed by atoms with Gasteiger partial charge in [-0.05, 0) is 18.4 Å². The molecular formula is C11H21N.